The van der Waals surface area contributed by atoms with Crippen molar-refractivity contribution in [2.45, 2.75) is 328 Å². The zero-order chi connectivity index (χ0) is 60.7. The van der Waals surface area contributed by atoms with Gasteiger partial charge in [0.25, 0.3) is 7.82 Å². The molecule has 0 aliphatic heterocycles. The monoisotopic (exact) mass is 1180 g/mol. The van der Waals surface area contributed by atoms with Crippen molar-refractivity contribution in [2.24, 2.45) is 0 Å². The summed E-state index contributed by atoms with van der Waals surface area (Å²) >= 11 is 0. The standard InChI is InChI=1S/C73H133N2O7P/c1-7-10-13-16-19-22-25-28-30-32-33-34-35-36-37-38-39-40-41-43-44-47-50-53-56-59-62-65-72(76)74-70(69-81-83(78,79)80-68-67-75(4,5)6)71(64-61-58-55-52-49-46-27-24-21-18-15-12-9-3)82-73(77)66-63-60-57-54-51-48-45-42-31-29-26-23-20-17-14-11-8-2/h10,13,19,22,28-31,33-34,36-37,61,64,70-71H,7-9,11-12,14-18,20-21,23-27,32,35,38-60,62-63,65-69H2,1-6H3,(H-,74,76,78,79)/b13-10-,22-19-,30-28-,31-29+,34-33-,37-36-,64-61-. The average Bonchev–Trinajstić information content (AvgIpc) is 3.47. The van der Waals surface area contributed by atoms with Gasteiger partial charge < -0.3 is 28.5 Å². The fraction of sp³-hybridized carbons (Fsp3) is 0.781. The number of unbranched alkanes of at least 4 members (excludes halogenated alkanes) is 35. The molecule has 83 heavy (non-hydrogen) atoms. The molecule has 1 N–H and O–H groups in total. The maximum absolute atomic E-state index is 13.6. The second-order valence-electron chi connectivity index (χ2n) is 24.6. The van der Waals surface area contributed by atoms with Crippen LogP contribution in [0.2, 0.25) is 0 Å². The summed E-state index contributed by atoms with van der Waals surface area (Å²) in [4.78, 5) is 40.2. The second-order valence-corrected chi connectivity index (χ2v) is 26.1. The minimum atomic E-state index is -4.71. The predicted molar refractivity (Wildman–Crippen MR) is 358 cm³/mol. The van der Waals surface area contributed by atoms with Crippen LogP contribution >= 0.6 is 7.82 Å². The van der Waals surface area contributed by atoms with Crippen molar-refractivity contribution in [1.82, 2.24) is 5.32 Å². The van der Waals surface area contributed by atoms with Crippen molar-refractivity contribution in [2.75, 3.05) is 40.9 Å². The molecule has 0 fully saturated rings. The van der Waals surface area contributed by atoms with E-state index in [1.807, 2.05) is 33.3 Å². The summed E-state index contributed by atoms with van der Waals surface area (Å²) in [5.74, 6) is -0.543. The molecule has 0 aliphatic carbocycles. The van der Waals surface area contributed by atoms with Crippen LogP contribution in [0.1, 0.15) is 316 Å². The normalized spacial score (nSPS) is 14.1. The van der Waals surface area contributed by atoms with E-state index in [0.717, 1.165) is 116 Å². The van der Waals surface area contributed by atoms with Gasteiger partial charge in [-0.25, -0.2) is 0 Å². The van der Waals surface area contributed by atoms with Crippen molar-refractivity contribution in [3.63, 3.8) is 0 Å². The van der Waals surface area contributed by atoms with Gasteiger partial charge in [0.15, 0.2) is 0 Å². The number of hydrogen-bond acceptors (Lipinski definition) is 7. The lowest BCUT2D eigenvalue weighted by molar-refractivity contribution is -0.870. The van der Waals surface area contributed by atoms with Crippen LogP contribution in [0.4, 0.5) is 0 Å². The molecule has 0 radical (unpaired) electrons. The summed E-state index contributed by atoms with van der Waals surface area (Å²) in [5.41, 5.74) is 0. The van der Waals surface area contributed by atoms with Gasteiger partial charge in [0.2, 0.25) is 5.91 Å². The first-order chi connectivity index (χ1) is 40.4. The third kappa shape index (κ3) is 63.5. The minimum absolute atomic E-state index is 0.0255. The van der Waals surface area contributed by atoms with Gasteiger partial charge in [-0.2, -0.15) is 0 Å². The van der Waals surface area contributed by atoms with Crippen molar-refractivity contribution in [1.29, 1.82) is 0 Å². The number of phosphoric acid groups is 1. The number of carbonyl (C=O) groups excluding carboxylic acids is 2. The number of likely N-dealkylation sites (N-methyl/N-ethyl adjacent to an activating group) is 1. The van der Waals surface area contributed by atoms with Crippen LogP contribution in [-0.2, 0) is 27.9 Å². The molecule has 0 aromatic rings. The van der Waals surface area contributed by atoms with Crippen molar-refractivity contribution in [3.8, 4) is 0 Å². The van der Waals surface area contributed by atoms with Crippen LogP contribution in [0.3, 0.4) is 0 Å². The van der Waals surface area contributed by atoms with Crippen LogP contribution < -0.4 is 10.2 Å². The van der Waals surface area contributed by atoms with Crippen molar-refractivity contribution >= 4 is 19.7 Å². The highest BCUT2D eigenvalue weighted by molar-refractivity contribution is 7.45. The maximum Gasteiger partial charge on any atom is 0.306 e. The summed E-state index contributed by atoms with van der Waals surface area (Å²) in [7, 11) is 1.18. The van der Waals surface area contributed by atoms with E-state index < -0.39 is 26.6 Å². The summed E-state index contributed by atoms with van der Waals surface area (Å²) in [6.45, 7) is 6.75. The quantitative estimate of drug-likeness (QED) is 0.0212. The molecule has 0 aliphatic rings. The molecule has 0 aromatic heterocycles. The first-order valence-electron chi connectivity index (χ1n) is 34.9. The number of carbonyl (C=O) groups is 2. The first kappa shape index (κ1) is 80.2. The van der Waals surface area contributed by atoms with E-state index in [4.69, 9.17) is 13.8 Å². The van der Waals surface area contributed by atoms with Crippen LogP contribution in [-0.4, -0.2) is 69.4 Å². The van der Waals surface area contributed by atoms with Gasteiger partial charge in [0.1, 0.15) is 19.3 Å². The average molecular weight is 1180 g/mol. The fourth-order valence-electron chi connectivity index (χ4n) is 9.96. The van der Waals surface area contributed by atoms with Crippen LogP contribution in [0.15, 0.2) is 85.1 Å². The molecule has 0 rings (SSSR count). The molecular formula is C73H133N2O7P. The third-order valence-corrected chi connectivity index (χ3v) is 16.3. The first-order valence-corrected chi connectivity index (χ1v) is 36.4. The highest BCUT2D eigenvalue weighted by Crippen LogP contribution is 2.38. The van der Waals surface area contributed by atoms with E-state index in [1.165, 1.54) is 167 Å². The Kier molecular flexibility index (Phi) is 60.1. The predicted octanol–water partition coefficient (Wildman–Crippen LogP) is 21.5. The number of esters is 1. The summed E-state index contributed by atoms with van der Waals surface area (Å²) in [5, 5.41) is 3.04. The molecule has 1 amide bonds. The highest BCUT2D eigenvalue weighted by atomic mass is 31.2. The zero-order valence-electron chi connectivity index (χ0n) is 55.1. The zero-order valence-corrected chi connectivity index (χ0v) is 56.0. The molecule has 0 spiro atoms. The number of phosphoric ester groups is 1. The Balaban J connectivity index is 5.10. The van der Waals surface area contributed by atoms with Gasteiger partial charge in [-0.05, 0) is 102 Å². The van der Waals surface area contributed by atoms with Gasteiger partial charge in [-0.1, -0.05) is 286 Å². The van der Waals surface area contributed by atoms with Crippen molar-refractivity contribution in [3.05, 3.63) is 85.1 Å². The van der Waals surface area contributed by atoms with Crippen LogP contribution in [0.25, 0.3) is 0 Å². The number of quaternary nitrogens is 1. The van der Waals surface area contributed by atoms with E-state index in [-0.39, 0.29) is 24.9 Å². The maximum atomic E-state index is 13.6. The molecule has 3 atom stereocenters. The molecule has 3 unspecified atom stereocenters. The Morgan fingerprint density at radius 3 is 1.17 bits per heavy atom. The topological polar surface area (TPSA) is 114 Å². The number of ether oxygens (including phenoxy) is 1. The lowest BCUT2D eigenvalue weighted by Crippen LogP contribution is -2.47. The lowest BCUT2D eigenvalue weighted by atomic mass is 10.0. The number of allylic oxidation sites excluding steroid dienone is 13. The summed E-state index contributed by atoms with van der Waals surface area (Å²) < 4.78 is 30.4. The lowest BCUT2D eigenvalue weighted by Gasteiger charge is -2.30. The molecule has 0 saturated carbocycles. The second kappa shape index (κ2) is 62.2. The van der Waals surface area contributed by atoms with Crippen LogP contribution in [0.5, 0.6) is 0 Å². The number of nitrogens with one attached hydrogen (secondary N) is 1. The van der Waals surface area contributed by atoms with E-state index in [9.17, 15) is 19.0 Å². The summed E-state index contributed by atoms with van der Waals surface area (Å²) in [6.07, 6.45) is 82.7. The Bertz CT molecular complexity index is 1700. The summed E-state index contributed by atoms with van der Waals surface area (Å²) in [6, 6.07) is -0.896. The van der Waals surface area contributed by atoms with Gasteiger partial charge in [-0.3, -0.25) is 14.2 Å². The van der Waals surface area contributed by atoms with E-state index >= 15 is 0 Å². The Labute approximate surface area is 514 Å². The fourth-order valence-corrected chi connectivity index (χ4v) is 10.7. The smallest absolute Gasteiger partial charge is 0.306 e. The van der Waals surface area contributed by atoms with Crippen molar-refractivity contribution < 1.29 is 37.3 Å². The van der Waals surface area contributed by atoms with Gasteiger partial charge in [-0.15, -0.1) is 0 Å². The Morgan fingerprint density at radius 1 is 0.434 bits per heavy atom. The van der Waals surface area contributed by atoms with Crippen LogP contribution in [0, 0.1) is 0 Å². The molecule has 0 saturated heterocycles. The van der Waals surface area contributed by atoms with Gasteiger partial charge in [0, 0.05) is 12.8 Å². The SMILES string of the molecule is CC/C=C\C/C=C\C/C=C\C/C=C\C/C=C\CCCCCCCCCCCCCC(=O)NC(COP(=O)([O-])OCC[N+](C)(C)C)C(/C=C\CCCCCCCCCCCCC)OC(=O)CCCCCCCCC/C=C/CCCCCCCC. The molecule has 0 bridgehead atoms. The van der Waals surface area contributed by atoms with E-state index in [1.54, 1.807) is 0 Å². The largest absolute Gasteiger partial charge is 0.756 e. The van der Waals surface area contributed by atoms with Gasteiger partial charge >= 0.3 is 5.97 Å². The molecule has 482 valence electrons. The Morgan fingerprint density at radius 2 is 0.771 bits per heavy atom. The molecule has 10 heteroatoms. The number of nitrogens with zero attached hydrogens (tertiary/aromatic N) is 1. The van der Waals surface area contributed by atoms with E-state index in [0.29, 0.717) is 17.4 Å². The third-order valence-electron chi connectivity index (χ3n) is 15.3. The number of hydrogen-bond donors (Lipinski definition) is 1. The molecule has 0 heterocycles. The van der Waals surface area contributed by atoms with E-state index in [2.05, 4.69) is 99.0 Å². The molecule has 9 nitrogen and oxygen atoms in total. The number of amides is 1. The number of rotatable bonds is 63. The molecular weight excluding hydrogens is 1050 g/mol. The highest BCUT2D eigenvalue weighted by Gasteiger charge is 2.27. The Hall–Kier alpha value is -2.81. The minimum Gasteiger partial charge on any atom is -0.756 e. The van der Waals surface area contributed by atoms with Gasteiger partial charge in [0.05, 0.1) is 33.8 Å². The molecule has 0 aromatic carbocycles.